The summed E-state index contributed by atoms with van der Waals surface area (Å²) in [5.74, 6) is -4.16. The minimum Gasteiger partial charge on any atom is -0.269 e. The monoisotopic (exact) mass is 251 g/mol. The second-order valence-corrected chi connectivity index (χ2v) is 4.69. The van der Waals surface area contributed by atoms with Gasteiger partial charge in [0.25, 0.3) is 17.7 Å². The maximum atomic E-state index is 13.7. The molecule has 1 aliphatic carbocycles. The minimum absolute atomic E-state index is 0.179. The van der Waals surface area contributed by atoms with Crippen molar-refractivity contribution in [3.05, 3.63) is 35.4 Å². The first-order chi connectivity index (χ1) is 8.52. The van der Waals surface area contributed by atoms with Crippen LogP contribution in [0.4, 0.5) is 8.78 Å². The highest BCUT2D eigenvalue weighted by atomic mass is 19.3. The Morgan fingerprint density at radius 1 is 1.11 bits per heavy atom. The number of nitrogens with zero attached hydrogens (tertiary/aromatic N) is 1. The van der Waals surface area contributed by atoms with Gasteiger partial charge in [-0.05, 0) is 25.0 Å². The predicted octanol–water partition coefficient (Wildman–Crippen LogP) is 2.47. The fraction of sp³-hybridized carbons (Fsp3) is 0.385. The SMILES string of the molecule is O=C1c2ccccc2C(=O)N1C1CCCC1(F)F. The Labute approximate surface area is 102 Å². The van der Waals surface area contributed by atoms with Crippen molar-refractivity contribution >= 4 is 11.8 Å². The second-order valence-electron chi connectivity index (χ2n) is 4.69. The molecule has 1 fully saturated rings. The largest absolute Gasteiger partial charge is 0.269 e. The molecule has 1 heterocycles. The molecule has 0 N–H and O–H groups in total. The van der Waals surface area contributed by atoms with E-state index in [4.69, 9.17) is 0 Å². The molecule has 1 aromatic rings. The molecule has 1 unspecified atom stereocenters. The van der Waals surface area contributed by atoms with Gasteiger partial charge in [0.2, 0.25) is 0 Å². The molecule has 0 radical (unpaired) electrons. The maximum absolute atomic E-state index is 13.7. The Morgan fingerprint density at radius 3 is 2.11 bits per heavy atom. The number of hydrogen-bond acceptors (Lipinski definition) is 2. The average molecular weight is 251 g/mol. The maximum Gasteiger partial charge on any atom is 0.268 e. The summed E-state index contributed by atoms with van der Waals surface area (Å²) in [5, 5.41) is 0. The van der Waals surface area contributed by atoms with Crippen molar-refractivity contribution in [2.45, 2.75) is 31.2 Å². The number of alkyl halides is 2. The van der Waals surface area contributed by atoms with Crippen LogP contribution >= 0.6 is 0 Å². The fourth-order valence-electron chi connectivity index (χ4n) is 2.72. The molecule has 0 bridgehead atoms. The Morgan fingerprint density at radius 2 is 1.67 bits per heavy atom. The van der Waals surface area contributed by atoms with E-state index < -0.39 is 23.8 Å². The molecule has 0 saturated heterocycles. The van der Waals surface area contributed by atoms with Crippen molar-refractivity contribution in [1.82, 2.24) is 4.90 Å². The van der Waals surface area contributed by atoms with Gasteiger partial charge in [0.05, 0.1) is 11.1 Å². The Hall–Kier alpha value is -1.78. The van der Waals surface area contributed by atoms with Gasteiger partial charge in [-0.25, -0.2) is 8.78 Å². The molecule has 18 heavy (non-hydrogen) atoms. The zero-order chi connectivity index (χ0) is 12.9. The number of hydrogen-bond donors (Lipinski definition) is 0. The van der Waals surface area contributed by atoms with Crippen molar-refractivity contribution in [2.24, 2.45) is 0 Å². The molecule has 0 aromatic heterocycles. The van der Waals surface area contributed by atoms with Gasteiger partial charge in [-0.3, -0.25) is 14.5 Å². The molecule has 3 nitrogen and oxygen atoms in total. The Balaban J connectivity index is 2.02. The smallest absolute Gasteiger partial charge is 0.268 e. The summed E-state index contributed by atoms with van der Waals surface area (Å²) in [4.78, 5) is 24.9. The molecule has 3 rings (SSSR count). The van der Waals surface area contributed by atoms with Crippen LogP contribution in [0.1, 0.15) is 40.0 Å². The number of carbonyl (C=O) groups is 2. The number of rotatable bonds is 1. The first-order valence-corrected chi connectivity index (χ1v) is 5.87. The van der Waals surface area contributed by atoms with Crippen molar-refractivity contribution in [3.8, 4) is 0 Å². The molecule has 1 aromatic carbocycles. The van der Waals surface area contributed by atoms with Gasteiger partial charge in [0.15, 0.2) is 0 Å². The summed E-state index contributed by atoms with van der Waals surface area (Å²) in [6.07, 6.45) is 0.259. The highest BCUT2D eigenvalue weighted by Gasteiger charge is 2.53. The van der Waals surface area contributed by atoms with E-state index in [0.717, 1.165) is 4.90 Å². The third-order valence-electron chi connectivity index (χ3n) is 3.61. The summed E-state index contributed by atoms with van der Waals surface area (Å²) >= 11 is 0. The molecular weight excluding hydrogens is 240 g/mol. The lowest BCUT2D eigenvalue weighted by atomic mass is 10.1. The predicted molar refractivity (Wildman–Crippen MR) is 59.5 cm³/mol. The molecule has 5 heteroatoms. The van der Waals surface area contributed by atoms with Gasteiger partial charge < -0.3 is 0 Å². The molecular formula is C13H11F2NO2. The van der Waals surface area contributed by atoms with E-state index in [1.54, 1.807) is 12.1 Å². The Kier molecular flexibility index (Phi) is 2.27. The molecule has 1 saturated carbocycles. The van der Waals surface area contributed by atoms with Crippen LogP contribution in [0.15, 0.2) is 24.3 Å². The topological polar surface area (TPSA) is 37.4 Å². The first kappa shape index (κ1) is 11.3. The number of benzene rings is 1. The van der Waals surface area contributed by atoms with E-state index in [9.17, 15) is 18.4 Å². The molecule has 2 aliphatic rings. The second kappa shape index (κ2) is 3.60. The van der Waals surface area contributed by atoms with E-state index in [0.29, 0.717) is 6.42 Å². The number of carbonyl (C=O) groups excluding carboxylic acids is 2. The van der Waals surface area contributed by atoms with Gasteiger partial charge in [0.1, 0.15) is 6.04 Å². The number of halogens is 2. The van der Waals surface area contributed by atoms with Crippen molar-refractivity contribution in [2.75, 3.05) is 0 Å². The third-order valence-corrected chi connectivity index (χ3v) is 3.61. The zero-order valence-corrected chi connectivity index (χ0v) is 9.53. The van der Waals surface area contributed by atoms with Gasteiger partial charge >= 0.3 is 0 Å². The lowest BCUT2D eigenvalue weighted by Crippen LogP contribution is -2.47. The van der Waals surface area contributed by atoms with E-state index in [1.165, 1.54) is 12.1 Å². The van der Waals surface area contributed by atoms with Crippen LogP contribution in [0.2, 0.25) is 0 Å². The Bertz CT molecular complexity index is 507. The van der Waals surface area contributed by atoms with Crippen LogP contribution in [0.25, 0.3) is 0 Å². The van der Waals surface area contributed by atoms with Crippen LogP contribution in [0, 0.1) is 0 Å². The van der Waals surface area contributed by atoms with Gasteiger partial charge in [0, 0.05) is 6.42 Å². The van der Waals surface area contributed by atoms with Crippen LogP contribution in [0.5, 0.6) is 0 Å². The van der Waals surface area contributed by atoms with Gasteiger partial charge in [-0.1, -0.05) is 12.1 Å². The highest BCUT2D eigenvalue weighted by molar-refractivity contribution is 6.21. The highest BCUT2D eigenvalue weighted by Crippen LogP contribution is 2.41. The summed E-state index contributed by atoms with van der Waals surface area (Å²) in [5.41, 5.74) is 0.454. The van der Waals surface area contributed by atoms with Crippen molar-refractivity contribution in [1.29, 1.82) is 0 Å². The van der Waals surface area contributed by atoms with Gasteiger partial charge in [-0.15, -0.1) is 0 Å². The third kappa shape index (κ3) is 1.39. The molecule has 2 amide bonds. The zero-order valence-electron chi connectivity index (χ0n) is 9.53. The fourth-order valence-corrected chi connectivity index (χ4v) is 2.72. The van der Waals surface area contributed by atoms with E-state index >= 15 is 0 Å². The quantitative estimate of drug-likeness (QED) is 0.719. The number of fused-ring (bicyclic) bond motifs is 1. The average Bonchev–Trinajstić information content (AvgIpc) is 2.80. The van der Waals surface area contributed by atoms with Crippen molar-refractivity contribution < 1.29 is 18.4 Å². The summed E-state index contributed by atoms with van der Waals surface area (Å²) in [6, 6.07) is 4.97. The van der Waals surface area contributed by atoms with E-state index in [2.05, 4.69) is 0 Å². The molecule has 94 valence electrons. The lowest BCUT2D eigenvalue weighted by molar-refractivity contribution is -0.0459. The van der Waals surface area contributed by atoms with Crippen LogP contribution in [-0.4, -0.2) is 28.7 Å². The van der Waals surface area contributed by atoms with E-state index in [1.807, 2.05) is 0 Å². The molecule has 1 atom stereocenters. The number of amides is 2. The first-order valence-electron chi connectivity index (χ1n) is 5.87. The molecule has 0 spiro atoms. The van der Waals surface area contributed by atoms with Crippen LogP contribution in [-0.2, 0) is 0 Å². The van der Waals surface area contributed by atoms with Crippen molar-refractivity contribution in [3.63, 3.8) is 0 Å². The van der Waals surface area contributed by atoms with Gasteiger partial charge in [-0.2, -0.15) is 0 Å². The normalized spacial score (nSPS) is 25.7. The summed E-state index contributed by atoms with van der Waals surface area (Å²) in [6.45, 7) is 0. The standard InChI is InChI=1S/C13H11F2NO2/c14-13(15)7-3-6-10(13)16-11(17)8-4-1-2-5-9(8)12(16)18/h1-2,4-5,10H,3,6-7H2. The summed E-state index contributed by atoms with van der Waals surface area (Å²) in [7, 11) is 0. The lowest BCUT2D eigenvalue weighted by Gasteiger charge is -2.27. The summed E-state index contributed by atoms with van der Waals surface area (Å²) < 4.78 is 27.4. The number of imide groups is 1. The minimum atomic E-state index is -2.96. The van der Waals surface area contributed by atoms with E-state index in [-0.39, 0.29) is 24.0 Å². The van der Waals surface area contributed by atoms with Crippen LogP contribution < -0.4 is 0 Å². The molecule has 1 aliphatic heterocycles. The van der Waals surface area contributed by atoms with Crippen LogP contribution in [0.3, 0.4) is 0 Å².